The van der Waals surface area contributed by atoms with Gasteiger partial charge in [0, 0.05) is 36.3 Å². The zero-order valence-electron chi connectivity index (χ0n) is 20.3. The molecule has 3 unspecified atom stereocenters. The lowest BCUT2D eigenvalue weighted by atomic mass is 10.0. The van der Waals surface area contributed by atoms with E-state index in [9.17, 15) is 14.0 Å². The Morgan fingerprint density at radius 2 is 1.97 bits per heavy atom. The minimum atomic E-state index is -0.795. The Morgan fingerprint density at radius 3 is 2.69 bits per heavy atom. The topological polar surface area (TPSA) is 63.6 Å². The number of fused-ring (bicyclic) bond motifs is 1. The molecule has 1 saturated heterocycles. The van der Waals surface area contributed by atoms with Gasteiger partial charge in [-0.05, 0) is 37.0 Å². The summed E-state index contributed by atoms with van der Waals surface area (Å²) in [7, 11) is 1.54. The van der Waals surface area contributed by atoms with Gasteiger partial charge in [-0.1, -0.05) is 55.8 Å². The summed E-state index contributed by atoms with van der Waals surface area (Å²) in [4.78, 5) is 28.5. The van der Waals surface area contributed by atoms with Crippen molar-refractivity contribution < 1.29 is 18.7 Å². The predicted octanol–water partition coefficient (Wildman–Crippen LogP) is 4.88. The van der Waals surface area contributed by atoms with E-state index in [1.807, 2.05) is 35.9 Å². The normalized spacial score (nSPS) is 18.7. The average molecular weight is 500 g/mol. The molecule has 35 heavy (non-hydrogen) atoms. The third-order valence-corrected chi connectivity index (χ3v) is 7.17. The molecule has 1 aliphatic heterocycles. The number of amides is 2. The van der Waals surface area contributed by atoms with Gasteiger partial charge in [0.1, 0.15) is 18.4 Å². The second kappa shape index (κ2) is 10.8. The molecule has 0 spiro atoms. The highest BCUT2D eigenvalue weighted by molar-refractivity contribution is 6.30. The fourth-order valence-corrected chi connectivity index (χ4v) is 5.20. The molecule has 4 rings (SSSR count). The van der Waals surface area contributed by atoms with Crippen LogP contribution in [0.2, 0.25) is 5.02 Å². The summed E-state index contributed by atoms with van der Waals surface area (Å²) < 4.78 is 22.2. The fourth-order valence-electron chi connectivity index (χ4n) is 5.02. The maximum absolute atomic E-state index is 14.6. The van der Waals surface area contributed by atoms with E-state index in [0.717, 1.165) is 17.3 Å². The van der Waals surface area contributed by atoms with Crippen LogP contribution in [0.5, 0.6) is 0 Å². The van der Waals surface area contributed by atoms with Crippen molar-refractivity contribution in [3.8, 4) is 0 Å². The first kappa shape index (κ1) is 25.2. The molecule has 1 aliphatic rings. The lowest BCUT2D eigenvalue weighted by molar-refractivity contribution is -0.141. The van der Waals surface area contributed by atoms with Gasteiger partial charge in [0.15, 0.2) is 0 Å². The maximum Gasteiger partial charge on any atom is 0.245 e. The summed E-state index contributed by atoms with van der Waals surface area (Å²) in [5, 5.41) is 4.07. The van der Waals surface area contributed by atoms with E-state index >= 15 is 0 Å². The molecule has 1 fully saturated rings. The van der Waals surface area contributed by atoms with Gasteiger partial charge < -0.3 is 19.5 Å². The zero-order valence-corrected chi connectivity index (χ0v) is 21.0. The summed E-state index contributed by atoms with van der Waals surface area (Å²) in [5.41, 5.74) is 2.49. The Labute approximate surface area is 210 Å². The van der Waals surface area contributed by atoms with Crippen LogP contribution >= 0.6 is 11.6 Å². The summed E-state index contributed by atoms with van der Waals surface area (Å²) in [6, 6.07) is 11.4. The molecule has 3 atom stereocenters. The molecule has 3 aromatic rings. The van der Waals surface area contributed by atoms with Crippen LogP contribution in [0.15, 0.2) is 48.7 Å². The van der Waals surface area contributed by atoms with Crippen LogP contribution in [0, 0.1) is 5.82 Å². The van der Waals surface area contributed by atoms with E-state index in [-0.39, 0.29) is 23.4 Å². The second-order valence-electron chi connectivity index (χ2n) is 8.86. The molecule has 0 radical (unpaired) electrons. The number of carbonyl (C=O) groups is 2. The van der Waals surface area contributed by atoms with Gasteiger partial charge in [-0.3, -0.25) is 9.59 Å². The quantitative estimate of drug-likeness (QED) is 0.480. The molecule has 1 aromatic heterocycles. The number of rotatable bonds is 8. The lowest BCUT2D eigenvalue weighted by Crippen LogP contribution is -2.52. The van der Waals surface area contributed by atoms with Crippen LogP contribution in [-0.4, -0.2) is 47.1 Å². The number of hydrogen-bond donors (Lipinski definition) is 1. The summed E-state index contributed by atoms with van der Waals surface area (Å²) >= 11 is 5.96. The van der Waals surface area contributed by atoms with E-state index in [1.165, 1.54) is 11.6 Å². The number of hydrogen-bond acceptors (Lipinski definition) is 3. The molecule has 2 heterocycles. The molecule has 8 heteroatoms. The molecule has 1 N–H and O–H groups in total. The van der Waals surface area contributed by atoms with Gasteiger partial charge >= 0.3 is 0 Å². The predicted molar refractivity (Wildman–Crippen MR) is 135 cm³/mol. The highest BCUT2D eigenvalue weighted by Crippen LogP contribution is 2.28. The van der Waals surface area contributed by atoms with Gasteiger partial charge in [-0.25, -0.2) is 4.39 Å². The third kappa shape index (κ3) is 4.93. The molecule has 0 saturated carbocycles. The zero-order chi connectivity index (χ0) is 25.1. The molecule has 0 aliphatic carbocycles. The Bertz CT molecular complexity index is 1230. The van der Waals surface area contributed by atoms with Crippen molar-refractivity contribution in [3.63, 3.8) is 0 Å². The number of methoxy groups -OCH3 is 1. The van der Waals surface area contributed by atoms with Crippen molar-refractivity contribution in [1.82, 2.24) is 14.8 Å². The maximum atomic E-state index is 14.6. The second-order valence-corrected chi connectivity index (χ2v) is 9.27. The van der Waals surface area contributed by atoms with Crippen molar-refractivity contribution in [3.05, 3.63) is 70.6 Å². The van der Waals surface area contributed by atoms with Crippen molar-refractivity contribution in [2.45, 2.75) is 57.8 Å². The van der Waals surface area contributed by atoms with Gasteiger partial charge in [-0.2, -0.15) is 0 Å². The van der Waals surface area contributed by atoms with Crippen molar-refractivity contribution in [1.29, 1.82) is 0 Å². The van der Waals surface area contributed by atoms with Gasteiger partial charge in [0.05, 0.1) is 17.2 Å². The van der Waals surface area contributed by atoms with Gasteiger partial charge in [-0.15, -0.1) is 0 Å². The number of aryl methyl sites for hydroxylation is 1. The Hall–Kier alpha value is -2.90. The van der Waals surface area contributed by atoms with E-state index in [4.69, 9.17) is 16.3 Å². The number of nitrogens with zero attached hydrogens (tertiary/aromatic N) is 2. The number of halogens is 2. The monoisotopic (exact) mass is 499 g/mol. The first-order valence-electron chi connectivity index (χ1n) is 12.0. The van der Waals surface area contributed by atoms with E-state index in [0.29, 0.717) is 24.9 Å². The molecule has 6 nitrogen and oxygen atoms in total. The first-order chi connectivity index (χ1) is 16.9. The first-order valence-corrected chi connectivity index (χ1v) is 12.4. The van der Waals surface area contributed by atoms with Crippen molar-refractivity contribution >= 4 is 34.3 Å². The SMILES string of the molecule is CCc1cn(CC(=O)N2CCC(OC)C2C(=O)NC(CC)c2cccc(Cl)c2F)c2ccccc12. The van der Waals surface area contributed by atoms with Crippen molar-refractivity contribution in [2.75, 3.05) is 13.7 Å². The Balaban J connectivity index is 1.56. The molecular formula is C27H31ClFN3O3. The van der Waals surface area contributed by atoms with E-state index in [2.05, 4.69) is 18.3 Å². The summed E-state index contributed by atoms with van der Waals surface area (Å²) in [6.07, 6.45) is 3.46. The largest absolute Gasteiger partial charge is 0.379 e. The van der Waals surface area contributed by atoms with Crippen LogP contribution in [0.3, 0.4) is 0 Å². The number of likely N-dealkylation sites (tertiary alicyclic amines) is 1. The van der Waals surface area contributed by atoms with Crippen LogP contribution in [0.1, 0.15) is 43.9 Å². The summed E-state index contributed by atoms with van der Waals surface area (Å²) in [5.74, 6) is -1.06. The van der Waals surface area contributed by atoms with Crippen LogP contribution in [0.25, 0.3) is 10.9 Å². The molecule has 2 aromatic carbocycles. The van der Waals surface area contributed by atoms with Gasteiger partial charge in [0.2, 0.25) is 11.8 Å². The number of benzene rings is 2. The van der Waals surface area contributed by atoms with Crippen LogP contribution in [-0.2, 0) is 27.3 Å². The number of para-hydroxylation sites is 1. The molecule has 186 valence electrons. The number of ether oxygens (including phenoxy) is 1. The van der Waals surface area contributed by atoms with Gasteiger partial charge in [0.25, 0.3) is 0 Å². The molecule has 0 bridgehead atoms. The highest BCUT2D eigenvalue weighted by atomic mass is 35.5. The number of nitrogens with one attached hydrogen (secondary N) is 1. The number of carbonyl (C=O) groups excluding carboxylic acids is 2. The smallest absolute Gasteiger partial charge is 0.245 e. The van der Waals surface area contributed by atoms with E-state index in [1.54, 1.807) is 24.1 Å². The van der Waals surface area contributed by atoms with Crippen LogP contribution in [0.4, 0.5) is 4.39 Å². The van der Waals surface area contributed by atoms with Crippen molar-refractivity contribution in [2.24, 2.45) is 0 Å². The molecule has 2 amide bonds. The lowest BCUT2D eigenvalue weighted by Gasteiger charge is -2.29. The fraction of sp³-hybridized carbons (Fsp3) is 0.407. The third-order valence-electron chi connectivity index (χ3n) is 6.87. The highest BCUT2D eigenvalue weighted by Gasteiger charge is 2.42. The molecular weight excluding hydrogens is 469 g/mol. The average Bonchev–Trinajstić information content (AvgIpc) is 3.46. The minimum absolute atomic E-state index is 0.00744. The van der Waals surface area contributed by atoms with E-state index < -0.39 is 24.0 Å². The standard InChI is InChI=1S/C27H31ClFN3O3/c1-4-17-15-31(22-12-7-6-9-18(17)22)16-24(33)32-14-13-23(35-3)26(32)27(34)30-21(5-2)19-10-8-11-20(28)25(19)29/h6-12,15,21,23,26H,4-5,13-14,16H2,1-3H3,(H,30,34). The minimum Gasteiger partial charge on any atom is -0.379 e. The Kier molecular flexibility index (Phi) is 7.77. The Morgan fingerprint density at radius 1 is 1.20 bits per heavy atom. The number of aromatic nitrogens is 1. The van der Waals surface area contributed by atoms with Crippen LogP contribution < -0.4 is 5.32 Å². The summed E-state index contributed by atoms with van der Waals surface area (Å²) in [6.45, 7) is 4.49.